The molecule has 134 valence electrons. The topological polar surface area (TPSA) is 32.3 Å². The highest BCUT2D eigenvalue weighted by atomic mass is 32.2. The van der Waals surface area contributed by atoms with Crippen LogP contribution in [0, 0.1) is 0 Å². The van der Waals surface area contributed by atoms with Crippen LogP contribution in [-0.4, -0.2) is 25.3 Å². The molecule has 2 rings (SSSR count). The molecule has 1 N–H and O–H groups in total. The van der Waals surface area contributed by atoms with E-state index in [2.05, 4.69) is 5.32 Å². The summed E-state index contributed by atoms with van der Waals surface area (Å²) in [7, 11) is 3.84. The van der Waals surface area contributed by atoms with Gasteiger partial charge in [0.25, 0.3) is 0 Å². The molecule has 0 heterocycles. The summed E-state index contributed by atoms with van der Waals surface area (Å²) in [5, 5.41) is 2.24. The molecule has 1 unspecified atom stereocenters. The lowest BCUT2D eigenvalue weighted by atomic mass is 10.2. The molecule has 1 atom stereocenters. The quantitative estimate of drug-likeness (QED) is 0.763. The second-order valence-corrected chi connectivity index (χ2v) is 7.13. The number of carbonyl (C=O) groups is 1. The number of nitrogens with one attached hydrogen (secondary N) is 1. The lowest BCUT2D eigenvalue weighted by molar-refractivity contribution is -0.137. The van der Waals surface area contributed by atoms with Crippen LogP contribution in [0.15, 0.2) is 53.4 Å². The molecule has 25 heavy (non-hydrogen) atoms. The fraction of sp³-hybridized carbons (Fsp3) is 0.278. The zero-order chi connectivity index (χ0) is 18.6. The minimum Gasteiger partial charge on any atom is -0.378 e. The summed E-state index contributed by atoms with van der Waals surface area (Å²) < 4.78 is 38.2. The highest BCUT2D eigenvalue weighted by Crippen LogP contribution is 2.33. The van der Waals surface area contributed by atoms with Gasteiger partial charge >= 0.3 is 6.18 Å². The minimum atomic E-state index is -4.39. The average Bonchev–Trinajstić information content (AvgIpc) is 2.54. The number of thioether (sulfide) groups is 1. The van der Waals surface area contributed by atoms with Gasteiger partial charge in [-0.05, 0) is 49.4 Å². The predicted octanol–water partition coefficient (Wildman–Crippen LogP) is 4.89. The van der Waals surface area contributed by atoms with Gasteiger partial charge in [0.2, 0.25) is 5.91 Å². The van der Waals surface area contributed by atoms with Gasteiger partial charge in [0.15, 0.2) is 0 Å². The number of halogens is 3. The van der Waals surface area contributed by atoms with Crippen molar-refractivity contribution >= 4 is 29.0 Å². The van der Waals surface area contributed by atoms with E-state index in [-0.39, 0.29) is 5.91 Å². The Morgan fingerprint density at radius 2 is 1.76 bits per heavy atom. The van der Waals surface area contributed by atoms with Crippen molar-refractivity contribution in [2.45, 2.75) is 23.2 Å². The van der Waals surface area contributed by atoms with Crippen LogP contribution in [-0.2, 0) is 11.0 Å². The van der Waals surface area contributed by atoms with Crippen molar-refractivity contribution in [3.8, 4) is 0 Å². The Bertz CT molecular complexity index is 730. The fourth-order valence-corrected chi connectivity index (χ4v) is 3.02. The minimum absolute atomic E-state index is 0.264. The van der Waals surface area contributed by atoms with Gasteiger partial charge in [0, 0.05) is 30.4 Å². The second kappa shape index (κ2) is 7.82. The van der Waals surface area contributed by atoms with Crippen molar-refractivity contribution in [3.05, 3.63) is 54.1 Å². The number of anilines is 2. The van der Waals surface area contributed by atoms with Crippen molar-refractivity contribution in [2.24, 2.45) is 0 Å². The van der Waals surface area contributed by atoms with Gasteiger partial charge in [-0.25, -0.2) is 0 Å². The highest BCUT2D eigenvalue weighted by molar-refractivity contribution is 8.00. The summed E-state index contributed by atoms with van der Waals surface area (Å²) in [4.78, 5) is 14.6. The Hall–Kier alpha value is -2.15. The molecular weight excluding hydrogens is 349 g/mol. The SMILES string of the molecule is CC(Sc1cccc(C(F)(F)F)c1)C(=O)Nc1ccc(N(C)C)cc1. The molecule has 2 aromatic rings. The number of carbonyl (C=O) groups excluding carboxylic acids is 1. The Kier molecular flexibility index (Phi) is 6.00. The fourth-order valence-electron chi connectivity index (χ4n) is 2.09. The first kappa shape index (κ1) is 19.2. The van der Waals surface area contributed by atoms with E-state index in [1.165, 1.54) is 6.07 Å². The van der Waals surface area contributed by atoms with Crippen LogP contribution in [0.5, 0.6) is 0 Å². The van der Waals surface area contributed by atoms with E-state index in [0.717, 1.165) is 29.6 Å². The third-order valence-corrected chi connectivity index (χ3v) is 4.59. The summed E-state index contributed by atoms with van der Waals surface area (Å²) in [6.07, 6.45) is -4.39. The normalized spacial score (nSPS) is 12.6. The molecule has 2 aromatic carbocycles. The van der Waals surface area contributed by atoms with Crippen LogP contribution in [0.2, 0.25) is 0 Å². The smallest absolute Gasteiger partial charge is 0.378 e. The van der Waals surface area contributed by atoms with Crippen molar-refractivity contribution in [2.75, 3.05) is 24.3 Å². The lowest BCUT2D eigenvalue weighted by Crippen LogP contribution is -2.22. The lowest BCUT2D eigenvalue weighted by Gasteiger charge is -2.15. The molecule has 0 aliphatic rings. The number of hydrogen-bond acceptors (Lipinski definition) is 3. The molecule has 3 nitrogen and oxygen atoms in total. The molecular formula is C18H19F3N2OS. The molecule has 0 radical (unpaired) electrons. The molecule has 0 spiro atoms. The second-order valence-electron chi connectivity index (χ2n) is 5.72. The van der Waals surface area contributed by atoms with E-state index >= 15 is 0 Å². The molecule has 0 aromatic heterocycles. The maximum atomic E-state index is 12.7. The van der Waals surface area contributed by atoms with E-state index in [0.29, 0.717) is 10.6 Å². The summed E-state index contributed by atoms with van der Waals surface area (Å²) in [6, 6.07) is 12.3. The Morgan fingerprint density at radius 3 is 2.32 bits per heavy atom. The Balaban J connectivity index is 2.00. The summed E-state index contributed by atoms with van der Waals surface area (Å²) in [6.45, 7) is 1.66. The van der Waals surface area contributed by atoms with Gasteiger partial charge in [0.1, 0.15) is 0 Å². The zero-order valence-corrected chi connectivity index (χ0v) is 14.9. The van der Waals surface area contributed by atoms with Gasteiger partial charge in [0.05, 0.1) is 10.8 Å². The van der Waals surface area contributed by atoms with Crippen molar-refractivity contribution in [3.63, 3.8) is 0 Å². The van der Waals surface area contributed by atoms with Crippen LogP contribution in [0.25, 0.3) is 0 Å². The van der Waals surface area contributed by atoms with Crippen LogP contribution >= 0.6 is 11.8 Å². The van der Waals surface area contributed by atoms with E-state index in [1.54, 1.807) is 25.1 Å². The average molecular weight is 368 g/mol. The van der Waals surface area contributed by atoms with Gasteiger partial charge in [-0.3, -0.25) is 4.79 Å². The van der Waals surface area contributed by atoms with Gasteiger partial charge < -0.3 is 10.2 Å². The molecule has 1 amide bonds. The van der Waals surface area contributed by atoms with E-state index in [1.807, 2.05) is 31.1 Å². The van der Waals surface area contributed by atoms with Crippen molar-refractivity contribution < 1.29 is 18.0 Å². The molecule has 0 aliphatic carbocycles. The highest BCUT2D eigenvalue weighted by Gasteiger charge is 2.30. The molecule has 7 heteroatoms. The molecule has 0 aliphatic heterocycles. The van der Waals surface area contributed by atoms with Gasteiger partial charge in [-0.2, -0.15) is 13.2 Å². The van der Waals surface area contributed by atoms with E-state index in [9.17, 15) is 18.0 Å². The predicted molar refractivity (Wildman–Crippen MR) is 96.2 cm³/mol. The van der Waals surface area contributed by atoms with Crippen LogP contribution < -0.4 is 10.2 Å². The summed E-state index contributed by atoms with van der Waals surface area (Å²) in [5.74, 6) is -0.264. The molecule has 0 saturated carbocycles. The van der Waals surface area contributed by atoms with Gasteiger partial charge in [-0.1, -0.05) is 6.07 Å². The van der Waals surface area contributed by atoms with E-state index in [4.69, 9.17) is 0 Å². The maximum absolute atomic E-state index is 12.7. The number of benzene rings is 2. The monoisotopic (exact) mass is 368 g/mol. The maximum Gasteiger partial charge on any atom is 0.416 e. The Labute approximate surface area is 149 Å². The largest absolute Gasteiger partial charge is 0.416 e. The number of rotatable bonds is 5. The third-order valence-electron chi connectivity index (χ3n) is 3.49. The number of amides is 1. The molecule has 0 bridgehead atoms. The van der Waals surface area contributed by atoms with Crippen LogP contribution in [0.4, 0.5) is 24.5 Å². The number of alkyl halides is 3. The first-order valence-electron chi connectivity index (χ1n) is 7.59. The molecule has 0 saturated heterocycles. The van der Waals surface area contributed by atoms with Crippen LogP contribution in [0.3, 0.4) is 0 Å². The van der Waals surface area contributed by atoms with Gasteiger partial charge in [-0.15, -0.1) is 11.8 Å². The summed E-state index contributed by atoms with van der Waals surface area (Å²) in [5.41, 5.74) is 0.931. The molecule has 0 fully saturated rings. The first-order valence-corrected chi connectivity index (χ1v) is 8.47. The standard InChI is InChI=1S/C18H19F3N2OS/c1-12(25-16-6-4-5-13(11-16)18(19,20)21)17(24)22-14-7-9-15(10-8-14)23(2)3/h4-12H,1-3H3,(H,22,24). The van der Waals surface area contributed by atoms with Crippen molar-refractivity contribution in [1.82, 2.24) is 0 Å². The van der Waals surface area contributed by atoms with Crippen LogP contribution in [0.1, 0.15) is 12.5 Å². The van der Waals surface area contributed by atoms with E-state index < -0.39 is 17.0 Å². The third kappa shape index (κ3) is 5.42. The zero-order valence-electron chi connectivity index (χ0n) is 14.1. The summed E-state index contributed by atoms with van der Waals surface area (Å²) >= 11 is 1.09. The first-order chi connectivity index (χ1) is 11.7. The number of nitrogens with zero attached hydrogens (tertiary/aromatic N) is 1. The van der Waals surface area contributed by atoms with Crippen molar-refractivity contribution in [1.29, 1.82) is 0 Å². The number of hydrogen-bond donors (Lipinski definition) is 1. The Morgan fingerprint density at radius 1 is 1.12 bits per heavy atom.